The van der Waals surface area contributed by atoms with E-state index in [0.29, 0.717) is 27.1 Å². The van der Waals surface area contributed by atoms with Crippen molar-refractivity contribution < 1.29 is 13.9 Å². The van der Waals surface area contributed by atoms with Crippen LogP contribution in [0.25, 0.3) is 28.4 Å². The number of aryl methyl sites for hydroxylation is 2. The summed E-state index contributed by atoms with van der Waals surface area (Å²) in [6, 6.07) is 19.9. The van der Waals surface area contributed by atoms with Gasteiger partial charge in [-0.1, -0.05) is 71.3 Å². The normalized spacial score (nSPS) is 11.2. The molecular formula is C26H19ClO4. The number of rotatable bonds is 4. The lowest BCUT2D eigenvalue weighted by Crippen LogP contribution is -2.14. The Hall–Kier alpha value is -3.63. The molecule has 0 amide bonds. The maximum absolute atomic E-state index is 13.2. The average Bonchev–Trinajstić information content (AvgIpc) is 2.76. The van der Waals surface area contributed by atoms with Crippen molar-refractivity contribution in [3.63, 3.8) is 0 Å². The minimum absolute atomic E-state index is 0.143. The summed E-state index contributed by atoms with van der Waals surface area (Å²) in [5.74, 6) is -0.635. The van der Waals surface area contributed by atoms with Crippen LogP contribution in [0.15, 0.2) is 82.0 Å². The zero-order chi connectivity index (χ0) is 22.0. The molecule has 154 valence electrons. The summed E-state index contributed by atoms with van der Waals surface area (Å²) < 4.78 is 11.5. The molecule has 0 aliphatic carbocycles. The number of carbonyl (C=O) groups excluding carboxylic acids is 1. The fourth-order valence-electron chi connectivity index (χ4n) is 3.18. The number of carbonyl (C=O) groups is 1. The first-order valence-corrected chi connectivity index (χ1v) is 10.1. The van der Waals surface area contributed by atoms with Crippen LogP contribution in [0.4, 0.5) is 0 Å². The number of hydrogen-bond acceptors (Lipinski definition) is 4. The third-order valence-corrected chi connectivity index (χ3v) is 5.17. The third kappa shape index (κ3) is 4.44. The second-order valence-electron chi connectivity index (χ2n) is 7.23. The Kier molecular flexibility index (Phi) is 5.74. The van der Waals surface area contributed by atoms with E-state index in [0.717, 1.165) is 11.1 Å². The predicted octanol–water partition coefficient (Wildman–Crippen LogP) is 6.35. The quantitative estimate of drug-likeness (QED) is 0.279. The standard InChI is InChI=1S/C26H19ClO4/c1-16-7-10-19(11-8-16)25-26(24(29)20-15-17(2)9-13-22(20)30-25)31-23(28)14-12-18-5-3-4-6-21(18)27/h3-15H,1-2H3. The molecule has 0 unspecified atom stereocenters. The van der Waals surface area contributed by atoms with Crippen LogP contribution in [0.2, 0.25) is 5.02 Å². The van der Waals surface area contributed by atoms with Crippen molar-refractivity contribution >= 4 is 34.6 Å². The van der Waals surface area contributed by atoms with Crippen LogP contribution in [0, 0.1) is 13.8 Å². The minimum Gasteiger partial charge on any atom is -0.452 e. The molecule has 31 heavy (non-hydrogen) atoms. The molecule has 5 heteroatoms. The van der Waals surface area contributed by atoms with E-state index in [1.54, 1.807) is 36.4 Å². The first-order valence-electron chi connectivity index (χ1n) is 9.71. The van der Waals surface area contributed by atoms with Crippen molar-refractivity contribution in [3.8, 4) is 17.1 Å². The second-order valence-corrected chi connectivity index (χ2v) is 7.64. The number of hydrogen-bond donors (Lipinski definition) is 0. The summed E-state index contributed by atoms with van der Waals surface area (Å²) in [6.45, 7) is 3.84. The summed E-state index contributed by atoms with van der Waals surface area (Å²) in [6.07, 6.45) is 2.78. The number of ether oxygens (including phenoxy) is 1. The van der Waals surface area contributed by atoms with Crippen molar-refractivity contribution in [1.82, 2.24) is 0 Å². The van der Waals surface area contributed by atoms with Crippen molar-refractivity contribution in [1.29, 1.82) is 0 Å². The van der Waals surface area contributed by atoms with Crippen molar-refractivity contribution in [2.24, 2.45) is 0 Å². The Labute approximate surface area is 184 Å². The van der Waals surface area contributed by atoms with Crippen LogP contribution in [0.5, 0.6) is 5.75 Å². The molecule has 0 radical (unpaired) electrons. The van der Waals surface area contributed by atoms with E-state index in [-0.39, 0.29) is 11.5 Å². The molecule has 0 fully saturated rings. The lowest BCUT2D eigenvalue weighted by molar-refractivity contribution is -0.129. The van der Waals surface area contributed by atoms with Gasteiger partial charge in [0.25, 0.3) is 0 Å². The Balaban J connectivity index is 1.79. The van der Waals surface area contributed by atoms with E-state index >= 15 is 0 Å². The molecule has 3 aromatic carbocycles. The molecule has 4 nitrogen and oxygen atoms in total. The van der Waals surface area contributed by atoms with E-state index in [2.05, 4.69) is 0 Å². The van der Waals surface area contributed by atoms with Crippen molar-refractivity contribution in [3.05, 3.63) is 105 Å². The van der Waals surface area contributed by atoms with Gasteiger partial charge in [-0.2, -0.15) is 0 Å². The Morgan fingerprint density at radius 2 is 1.68 bits per heavy atom. The van der Waals surface area contributed by atoms with Crippen LogP contribution in [0.1, 0.15) is 16.7 Å². The summed E-state index contributed by atoms with van der Waals surface area (Å²) in [4.78, 5) is 25.8. The number of halogens is 1. The molecular weight excluding hydrogens is 412 g/mol. The zero-order valence-corrected chi connectivity index (χ0v) is 17.8. The zero-order valence-electron chi connectivity index (χ0n) is 17.0. The molecule has 0 spiro atoms. The van der Waals surface area contributed by atoms with Gasteiger partial charge in [-0.05, 0) is 43.7 Å². The van der Waals surface area contributed by atoms with E-state index in [9.17, 15) is 9.59 Å². The highest BCUT2D eigenvalue weighted by molar-refractivity contribution is 6.32. The molecule has 0 saturated carbocycles. The SMILES string of the molecule is Cc1ccc(-c2oc3ccc(C)cc3c(=O)c2OC(=O)C=Cc2ccccc2Cl)cc1. The molecule has 0 saturated heterocycles. The number of esters is 1. The van der Waals surface area contributed by atoms with Gasteiger partial charge < -0.3 is 9.15 Å². The highest BCUT2D eigenvalue weighted by Gasteiger charge is 2.20. The Morgan fingerprint density at radius 1 is 0.968 bits per heavy atom. The summed E-state index contributed by atoms with van der Waals surface area (Å²) >= 11 is 6.12. The van der Waals surface area contributed by atoms with Gasteiger partial charge in [-0.25, -0.2) is 4.79 Å². The molecule has 0 atom stereocenters. The van der Waals surface area contributed by atoms with Gasteiger partial charge in [-0.3, -0.25) is 4.79 Å². The molecule has 4 rings (SSSR count). The van der Waals surface area contributed by atoms with Gasteiger partial charge in [-0.15, -0.1) is 0 Å². The van der Waals surface area contributed by atoms with Gasteiger partial charge in [0.2, 0.25) is 11.2 Å². The van der Waals surface area contributed by atoms with Crippen LogP contribution >= 0.6 is 11.6 Å². The maximum atomic E-state index is 13.2. The van der Waals surface area contributed by atoms with Gasteiger partial charge in [0.1, 0.15) is 5.58 Å². The molecule has 4 aromatic rings. The Morgan fingerprint density at radius 3 is 2.42 bits per heavy atom. The van der Waals surface area contributed by atoms with Crippen molar-refractivity contribution in [2.45, 2.75) is 13.8 Å². The minimum atomic E-state index is -0.701. The first-order chi connectivity index (χ1) is 14.9. The average molecular weight is 431 g/mol. The first kappa shape index (κ1) is 20.6. The molecule has 1 aromatic heterocycles. The van der Waals surface area contributed by atoms with E-state index < -0.39 is 11.4 Å². The van der Waals surface area contributed by atoms with Gasteiger partial charge >= 0.3 is 5.97 Å². The largest absolute Gasteiger partial charge is 0.452 e. The van der Waals surface area contributed by atoms with E-state index in [1.807, 2.05) is 50.2 Å². The molecule has 0 bridgehead atoms. The summed E-state index contributed by atoms with van der Waals surface area (Å²) in [7, 11) is 0. The van der Waals surface area contributed by atoms with E-state index in [4.69, 9.17) is 20.8 Å². The fraction of sp³-hybridized carbons (Fsp3) is 0.0769. The highest BCUT2D eigenvalue weighted by atomic mass is 35.5. The Bertz CT molecular complexity index is 1360. The topological polar surface area (TPSA) is 56.5 Å². The number of fused-ring (bicyclic) bond motifs is 1. The lowest BCUT2D eigenvalue weighted by atomic mass is 10.1. The van der Waals surface area contributed by atoms with E-state index in [1.165, 1.54) is 6.08 Å². The molecule has 0 aliphatic rings. The smallest absolute Gasteiger partial charge is 0.336 e. The van der Waals surface area contributed by atoms with Gasteiger partial charge in [0, 0.05) is 16.7 Å². The number of benzene rings is 3. The molecule has 0 aliphatic heterocycles. The molecule has 1 heterocycles. The second kappa shape index (κ2) is 8.62. The van der Waals surface area contributed by atoms with Crippen LogP contribution in [0.3, 0.4) is 0 Å². The maximum Gasteiger partial charge on any atom is 0.336 e. The highest BCUT2D eigenvalue weighted by Crippen LogP contribution is 2.31. The third-order valence-electron chi connectivity index (χ3n) is 4.82. The fourth-order valence-corrected chi connectivity index (χ4v) is 3.38. The van der Waals surface area contributed by atoms with Crippen LogP contribution < -0.4 is 10.2 Å². The van der Waals surface area contributed by atoms with Crippen molar-refractivity contribution in [2.75, 3.05) is 0 Å². The summed E-state index contributed by atoms with van der Waals surface area (Å²) in [5.41, 5.74) is 3.30. The lowest BCUT2D eigenvalue weighted by Gasteiger charge is -2.10. The molecule has 0 N–H and O–H groups in total. The van der Waals surface area contributed by atoms with Crippen LogP contribution in [-0.2, 0) is 4.79 Å². The monoisotopic (exact) mass is 430 g/mol. The summed E-state index contributed by atoms with van der Waals surface area (Å²) in [5, 5.41) is 0.862. The van der Waals surface area contributed by atoms with Gasteiger partial charge in [0.15, 0.2) is 5.76 Å². The van der Waals surface area contributed by atoms with Crippen LogP contribution in [-0.4, -0.2) is 5.97 Å². The predicted molar refractivity (Wildman–Crippen MR) is 124 cm³/mol. The van der Waals surface area contributed by atoms with Gasteiger partial charge in [0.05, 0.1) is 5.39 Å².